The zero-order valence-electron chi connectivity index (χ0n) is 16.1. The van der Waals surface area contributed by atoms with E-state index in [0.717, 1.165) is 39.5 Å². The minimum absolute atomic E-state index is 0.263. The fraction of sp³-hybridized carbons (Fsp3) is 0.227. The van der Waals surface area contributed by atoms with Gasteiger partial charge in [0, 0.05) is 17.0 Å². The number of pyridine rings is 1. The molecule has 3 aromatic rings. The Morgan fingerprint density at radius 2 is 2.00 bits per heavy atom. The Labute approximate surface area is 177 Å². The fourth-order valence-corrected chi connectivity index (χ4v) is 3.83. The number of nitrogens with one attached hydrogen (secondary N) is 1. The van der Waals surface area contributed by atoms with Crippen molar-refractivity contribution < 1.29 is 14.3 Å². The van der Waals surface area contributed by atoms with E-state index in [1.807, 2.05) is 36.4 Å². The second-order valence-corrected chi connectivity index (χ2v) is 7.68. The van der Waals surface area contributed by atoms with Gasteiger partial charge in [-0.15, -0.1) is 0 Å². The summed E-state index contributed by atoms with van der Waals surface area (Å²) >= 11 is 3.45. The monoisotopic (exact) mass is 453 g/mol. The van der Waals surface area contributed by atoms with E-state index in [1.165, 1.54) is 0 Å². The number of rotatable bonds is 6. The molecule has 1 heterocycles. The molecular formula is C22H20BrN3O3. The topological polar surface area (TPSA) is 72.8 Å². The van der Waals surface area contributed by atoms with Crippen LogP contribution in [0, 0.1) is 0 Å². The van der Waals surface area contributed by atoms with Crippen LogP contribution in [0.25, 0.3) is 10.9 Å². The lowest BCUT2D eigenvalue weighted by Gasteiger charge is -2.10. The van der Waals surface area contributed by atoms with Gasteiger partial charge in [-0.2, -0.15) is 5.10 Å². The van der Waals surface area contributed by atoms with Crippen LogP contribution in [0.2, 0.25) is 0 Å². The van der Waals surface area contributed by atoms with Gasteiger partial charge in [0.15, 0.2) is 11.5 Å². The number of ether oxygens (including phenoxy) is 2. The number of carbonyl (C=O) groups is 1. The summed E-state index contributed by atoms with van der Waals surface area (Å²) in [4.78, 5) is 17.5. The van der Waals surface area contributed by atoms with Crippen molar-refractivity contribution in [3.05, 3.63) is 63.8 Å². The van der Waals surface area contributed by atoms with Crippen LogP contribution < -0.4 is 14.9 Å². The maximum absolute atomic E-state index is 12.8. The molecule has 1 saturated carbocycles. The van der Waals surface area contributed by atoms with Crippen LogP contribution >= 0.6 is 15.9 Å². The van der Waals surface area contributed by atoms with Crippen LogP contribution in [-0.2, 0) is 0 Å². The van der Waals surface area contributed by atoms with Crippen LogP contribution in [-0.4, -0.2) is 31.3 Å². The van der Waals surface area contributed by atoms with Crippen molar-refractivity contribution >= 4 is 39.0 Å². The molecule has 0 atom stereocenters. The molecule has 0 spiro atoms. The van der Waals surface area contributed by atoms with Crippen LogP contribution in [0.1, 0.15) is 40.4 Å². The molecule has 7 heteroatoms. The number of hydrogen-bond acceptors (Lipinski definition) is 5. The number of amides is 1. The molecule has 1 aromatic heterocycles. The van der Waals surface area contributed by atoms with E-state index in [-0.39, 0.29) is 5.91 Å². The molecule has 1 aliphatic carbocycles. The molecule has 4 rings (SSSR count). The number of hydrazone groups is 1. The molecule has 0 bridgehead atoms. The van der Waals surface area contributed by atoms with Gasteiger partial charge in [-0.05, 0) is 58.6 Å². The lowest BCUT2D eigenvalue weighted by Crippen LogP contribution is -2.18. The number of aromatic nitrogens is 1. The van der Waals surface area contributed by atoms with Gasteiger partial charge < -0.3 is 9.47 Å². The van der Waals surface area contributed by atoms with Gasteiger partial charge in [0.1, 0.15) is 0 Å². The Balaban J connectivity index is 1.58. The second-order valence-electron chi connectivity index (χ2n) is 6.82. The zero-order valence-corrected chi connectivity index (χ0v) is 17.7. The number of halogens is 1. The van der Waals surface area contributed by atoms with E-state index in [1.54, 1.807) is 26.5 Å². The fourth-order valence-electron chi connectivity index (χ4n) is 3.21. The van der Waals surface area contributed by atoms with E-state index < -0.39 is 0 Å². The number of para-hydroxylation sites is 1. The number of nitrogens with zero attached hydrogens (tertiary/aromatic N) is 2. The highest BCUT2D eigenvalue weighted by Gasteiger charge is 2.26. The van der Waals surface area contributed by atoms with E-state index in [0.29, 0.717) is 23.0 Å². The van der Waals surface area contributed by atoms with Crippen molar-refractivity contribution in [1.29, 1.82) is 0 Å². The van der Waals surface area contributed by atoms with Crippen LogP contribution in [0.4, 0.5) is 0 Å². The number of carbonyl (C=O) groups excluding carboxylic acids is 1. The summed E-state index contributed by atoms with van der Waals surface area (Å²) in [6, 6.07) is 13.2. The quantitative estimate of drug-likeness (QED) is 0.435. The Morgan fingerprint density at radius 1 is 1.21 bits per heavy atom. The number of benzene rings is 2. The Kier molecular flexibility index (Phi) is 5.49. The highest BCUT2D eigenvalue weighted by Crippen LogP contribution is 2.40. The molecule has 1 aliphatic rings. The zero-order chi connectivity index (χ0) is 20.4. The molecule has 0 aliphatic heterocycles. The summed E-state index contributed by atoms with van der Waals surface area (Å²) in [5, 5.41) is 4.94. The predicted molar refractivity (Wildman–Crippen MR) is 116 cm³/mol. The van der Waals surface area contributed by atoms with Crippen molar-refractivity contribution in [2.45, 2.75) is 18.8 Å². The average molecular weight is 454 g/mol. The molecule has 2 aromatic carbocycles. The first-order valence-electron chi connectivity index (χ1n) is 9.25. The molecule has 0 radical (unpaired) electrons. The number of fused-ring (bicyclic) bond motifs is 1. The summed E-state index contributed by atoms with van der Waals surface area (Å²) in [5.74, 6) is 1.37. The van der Waals surface area contributed by atoms with Crippen molar-refractivity contribution in [2.75, 3.05) is 14.2 Å². The summed E-state index contributed by atoms with van der Waals surface area (Å²) in [6.07, 6.45) is 3.81. The molecule has 6 nitrogen and oxygen atoms in total. The molecular weight excluding hydrogens is 434 g/mol. The first kappa shape index (κ1) is 19.4. The third kappa shape index (κ3) is 4.10. The van der Waals surface area contributed by atoms with Gasteiger partial charge in [0.05, 0.1) is 36.0 Å². The highest BCUT2D eigenvalue weighted by molar-refractivity contribution is 9.10. The predicted octanol–water partition coefficient (Wildman–Crippen LogP) is 4.66. The Bertz CT molecular complexity index is 1110. The normalized spacial score (nSPS) is 13.6. The minimum Gasteiger partial charge on any atom is -0.493 e. The van der Waals surface area contributed by atoms with E-state index >= 15 is 0 Å². The summed E-state index contributed by atoms with van der Waals surface area (Å²) in [7, 11) is 3.14. The molecule has 29 heavy (non-hydrogen) atoms. The third-order valence-electron chi connectivity index (χ3n) is 4.81. The molecule has 0 saturated heterocycles. The van der Waals surface area contributed by atoms with Gasteiger partial charge in [-0.3, -0.25) is 9.78 Å². The standard InChI is InChI=1S/C22H20BrN3O3/c1-28-20-10-13(9-17(23)21(20)29-2)12-24-26-22(27)16-11-19(14-7-8-14)25-18-6-4-3-5-15(16)18/h3-6,9-12,14H,7-8H2,1-2H3,(H,26,27)/b24-12-. The van der Waals surface area contributed by atoms with Crippen molar-refractivity contribution in [3.8, 4) is 11.5 Å². The number of hydrogen-bond donors (Lipinski definition) is 1. The van der Waals surface area contributed by atoms with Crippen LogP contribution in [0.5, 0.6) is 11.5 Å². The van der Waals surface area contributed by atoms with Gasteiger partial charge >= 0.3 is 0 Å². The molecule has 0 unspecified atom stereocenters. The Morgan fingerprint density at radius 3 is 2.72 bits per heavy atom. The van der Waals surface area contributed by atoms with Crippen molar-refractivity contribution in [3.63, 3.8) is 0 Å². The van der Waals surface area contributed by atoms with E-state index in [2.05, 4.69) is 26.5 Å². The van der Waals surface area contributed by atoms with Gasteiger partial charge in [0.2, 0.25) is 0 Å². The summed E-state index contributed by atoms with van der Waals surface area (Å²) in [6.45, 7) is 0. The lowest BCUT2D eigenvalue weighted by atomic mass is 10.1. The van der Waals surface area contributed by atoms with Crippen LogP contribution in [0.15, 0.2) is 52.0 Å². The average Bonchev–Trinajstić information content (AvgIpc) is 3.57. The van der Waals surface area contributed by atoms with E-state index in [4.69, 9.17) is 14.5 Å². The van der Waals surface area contributed by atoms with E-state index in [9.17, 15) is 4.79 Å². The van der Waals surface area contributed by atoms with Crippen LogP contribution in [0.3, 0.4) is 0 Å². The largest absolute Gasteiger partial charge is 0.493 e. The summed E-state index contributed by atoms with van der Waals surface area (Å²) in [5.41, 5.74) is 5.77. The van der Waals surface area contributed by atoms with Gasteiger partial charge in [-0.25, -0.2) is 5.43 Å². The molecule has 1 N–H and O–H groups in total. The maximum atomic E-state index is 12.8. The molecule has 1 amide bonds. The second kappa shape index (κ2) is 8.21. The smallest absolute Gasteiger partial charge is 0.272 e. The lowest BCUT2D eigenvalue weighted by molar-refractivity contribution is 0.0956. The van der Waals surface area contributed by atoms with Crippen molar-refractivity contribution in [2.24, 2.45) is 5.10 Å². The SMILES string of the molecule is COc1cc(/C=N\NC(=O)c2cc(C3CC3)nc3ccccc23)cc(Br)c1OC. The minimum atomic E-state index is -0.263. The summed E-state index contributed by atoms with van der Waals surface area (Å²) < 4.78 is 11.4. The third-order valence-corrected chi connectivity index (χ3v) is 5.40. The van der Waals surface area contributed by atoms with Gasteiger partial charge in [0.25, 0.3) is 5.91 Å². The first-order chi connectivity index (χ1) is 14.1. The van der Waals surface area contributed by atoms with Crippen molar-refractivity contribution in [1.82, 2.24) is 10.4 Å². The maximum Gasteiger partial charge on any atom is 0.272 e. The molecule has 148 valence electrons. The number of methoxy groups -OCH3 is 2. The first-order valence-corrected chi connectivity index (χ1v) is 10.0. The van der Waals surface area contributed by atoms with Gasteiger partial charge in [-0.1, -0.05) is 18.2 Å². The highest BCUT2D eigenvalue weighted by atomic mass is 79.9. The molecule has 1 fully saturated rings. The Hall–Kier alpha value is -2.93.